The van der Waals surface area contributed by atoms with Crippen LogP contribution in [0.5, 0.6) is 0 Å². The van der Waals surface area contributed by atoms with Gasteiger partial charge >= 0.3 is 72.4 Å². The van der Waals surface area contributed by atoms with Gasteiger partial charge in [-0.2, -0.15) is 35.3 Å². The zero-order valence-electron chi connectivity index (χ0n) is 32.1. The maximum absolute atomic E-state index is 10.2. The van der Waals surface area contributed by atoms with Crippen LogP contribution in [-0.4, -0.2) is 74.9 Å². The first-order valence-electron chi connectivity index (χ1n) is 19.0. The second kappa shape index (κ2) is 47.3. The number of hydrogen-bond donors (Lipinski definition) is 0. The first-order chi connectivity index (χ1) is 23.0. The molecule has 0 saturated carbocycles. The molecule has 0 spiro atoms. The molecule has 3 unspecified atom stereocenters. The van der Waals surface area contributed by atoms with Crippen LogP contribution < -0.4 is 15.3 Å². The van der Waals surface area contributed by atoms with Gasteiger partial charge in [-0.1, -0.05) is 99.3 Å². The van der Waals surface area contributed by atoms with E-state index in [9.17, 15) is 29.7 Å². The van der Waals surface area contributed by atoms with E-state index in [1.807, 2.05) is 0 Å². The summed E-state index contributed by atoms with van der Waals surface area (Å²) < 4.78 is 1.46. The summed E-state index contributed by atoms with van der Waals surface area (Å²) >= 11 is 6.16. The number of hydrogen-bond acceptors (Lipinski definition) is 9. The molecule has 0 N–H and O–H groups in total. The number of carbonyl (C=O) groups is 3. The van der Waals surface area contributed by atoms with E-state index in [0.717, 1.165) is 36.5 Å². The topological polar surface area (TPSA) is 120 Å². The summed E-state index contributed by atoms with van der Waals surface area (Å²) in [4.78, 5) is 30.5. The molecular weight excluding hydrogens is 767 g/mol. The Balaban J connectivity index is -0.000000271. The fourth-order valence-electron chi connectivity index (χ4n) is 4.53. The standard InChI is InChI=1S/3C10H20O2S.C8H17.Sn/c3*1-3-5-6-9(4-2)7-13-8-10(11)12;1-3-5-7-8-6-4-2;/h3*9H,3-8H2,1-2H3,(H,11,12);1,3-8H2,2H3;/q;;;;+3/p-3. The summed E-state index contributed by atoms with van der Waals surface area (Å²) in [5.41, 5.74) is 0. The third-order valence-corrected chi connectivity index (χ3v) is 12.3. The van der Waals surface area contributed by atoms with Crippen LogP contribution in [0.4, 0.5) is 0 Å². The fourth-order valence-corrected chi connectivity index (χ4v) is 8.30. The zero-order valence-corrected chi connectivity index (χ0v) is 37.4. The summed E-state index contributed by atoms with van der Waals surface area (Å²) in [7, 11) is 0. The van der Waals surface area contributed by atoms with E-state index >= 15 is 0 Å². The summed E-state index contributed by atoms with van der Waals surface area (Å²) in [6.45, 7) is 15.3. The van der Waals surface area contributed by atoms with Gasteiger partial charge in [0.2, 0.25) is 0 Å². The monoisotopic (exact) mass is 842 g/mol. The quantitative estimate of drug-likeness (QED) is 0.0524. The van der Waals surface area contributed by atoms with Crippen molar-refractivity contribution in [1.29, 1.82) is 0 Å². The van der Waals surface area contributed by atoms with Crippen molar-refractivity contribution in [3.05, 3.63) is 0 Å². The van der Waals surface area contributed by atoms with Crippen LogP contribution >= 0.6 is 35.3 Å². The third-order valence-electron chi connectivity index (χ3n) is 7.88. The minimum absolute atomic E-state index is 0.141. The molecule has 0 aromatic heterocycles. The molecule has 6 nitrogen and oxygen atoms in total. The molecule has 0 aliphatic carbocycles. The van der Waals surface area contributed by atoms with E-state index in [0.29, 0.717) is 17.8 Å². The Hall–Kier alpha value is 0.259. The Morgan fingerprint density at radius 1 is 0.458 bits per heavy atom. The average Bonchev–Trinajstić information content (AvgIpc) is 3.06. The number of thioether (sulfide) groups is 3. The van der Waals surface area contributed by atoms with Crippen molar-refractivity contribution in [2.24, 2.45) is 17.8 Å². The van der Waals surface area contributed by atoms with Crippen molar-refractivity contribution < 1.29 is 29.7 Å². The first-order valence-corrected chi connectivity index (χ1v) is 24.5. The van der Waals surface area contributed by atoms with E-state index in [1.54, 1.807) is 22.5 Å². The fraction of sp³-hybridized carbons (Fsp3) is 0.921. The zero-order chi connectivity index (χ0) is 37.3. The van der Waals surface area contributed by atoms with Gasteiger partial charge < -0.3 is 29.7 Å². The van der Waals surface area contributed by atoms with E-state index in [2.05, 4.69) is 48.5 Å². The van der Waals surface area contributed by atoms with Gasteiger partial charge in [0.25, 0.3) is 0 Å². The number of carbonyl (C=O) groups excluding carboxylic acids is 3. The van der Waals surface area contributed by atoms with Crippen molar-refractivity contribution in [1.82, 2.24) is 0 Å². The van der Waals surface area contributed by atoms with Gasteiger partial charge in [-0.3, -0.25) is 0 Å². The van der Waals surface area contributed by atoms with Gasteiger partial charge in [0.15, 0.2) is 0 Å². The second-order valence-corrected chi connectivity index (χ2v) is 16.9. The van der Waals surface area contributed by atoms with Gasteiger partial charge in [-0.05, 0) is 54.3 Å². The molecule has 0 aliphatic rings. The van der Waals surface area contributed by atoms with Crippen LogP contribution in [0, 0.1) is 17.8 Å². The predicted octanol–water partition coefficient (Wildman–Crippen LogP) is 7.99. The molecule has 48 heavy (non-hydrogen) atoms. The summed E-state index contributed by atoms with van der Waals surface area (Å²) in [5, 5.41) is 30.5. The molecule has 0 aliphatic heterocycles. The average molecular weight is 842 g/mol. The van der Waals surface area contributed by atoms with Crippen LogP contribution in [0.3, 0.4) is 0 Å². The molecule has 0 aromatic carbocycles. The Bertz CT molecular complexity index is 590. The number of carboxylic acid groups (broad SMARTS) is 3. The summed E-state index contributed by atoms with van der Waals surface area (Å²) in [5.74, 6) is 2.52. The summed E-state index contributed by atoms with van der Waals surface area (Å²) in [6, 6.07) is 0. The minimum atomic E-state index is -0.949. The molecule has 10 heteroatoms. The number of carboxylic acids is 3. The van der Waals surface area contributed by atoms with Gasteiger partial charge in [0, 0.05) is 17.3 Å². The molecule has 284 valence electrons. The molecule has 0 radical (unpaired) electrons. The van der Waals surface area contributed by atoms with Crippen LogP contribution in [0.15, 0.2) is 0 Å². The van der Waals surface area contributed by atoms with Crippen LogP contribution in [0.1, 0.15) is 164 Å². The third kappa shape index (κ3) is 53.1. The van der Waals surface area contributed by atoms with Crippen LogP contribution in [0.2, 0.25) is 4.44 Å². The first kappa shape index (κ1) is 55.0. The van der Waals surface area contributed by atoms with Crippen LogP contribution in [0.25, 0.3) is 0 Å². The van der Waals surface area contributed by atoms with Gasteiger partial charge in [-0.25, -0.2) is 0 Å². The molecule has 0 amide bonds. The van der Waals surface area contributed by atoms with Gasteiger partial charge in [0.1, 0.15) is 0 Å². The van der Waals surface area contributed by atoms with Gasteiger partial charge in [0.05, 0.1) is 17.9 Å². The SMILES string of the molecule is CCCCC(CC)CSCC(=O)[O-].CCCCC(CC)CSCC(=O)[O-].CCCCC(CC)CSCC(=O)[O-].CCCCCCC[CH2][Sn+3]. The van der Waals surface area contributed by atoms with Crippen molar-refractivity contribution in [3.8, 4) is 0 Å². The van der Waals surface area contributed by atoms with Gasteiger partial charge in [-0.15, -0.1) is 0 Å². The number of unbranched alkanes of at least 4 members (excludes halogenated alkanes) is 8. The van der Waals surface area contributed by atoms with E-state index in [1.165, 1.54) is 136 Å². The Kier molecular flexibility index (Phi) is 54.2. The van der Waals surface area contributed by atoms with Crippen LogP contribution in [-0.2, 0) is 14.4 Å². The molecule has 0 saturated heterocycles. The molecule has 3 atom stereocenters. The number of rotatable bonds is 30. The maximum atomic E-state index is 10.2. The van der Waals surface area contributed by atoms with Crippen molar-refractivity contribution in [2.75, 3.05) is 34.5 Å². The summed E-state index contributed by atoms with van der Waals surface area (Å²) in [6.07, 6.45) is 23.3. The van der Waals surface area contributed by atoms with Crippen molar-refractivity contribution in [3.63, 3.8) is 0 Å². The molecule has 0 heterocycles. The Labute approximate surface area is 324 Å². The molecular formula is C38H74O6S3Sn. The van der Waals surface area contributed by atoms with Crippen molar-refractivity contribution >= 4 is 75.7 Å². The molecule has 0 aromatic rings. The molecule has 0 rings (SSSR count). The molecule has 0 fully saturated rings. The molecule has 0 bridgehead atoms. The Morgan fingerprint density at radius 2 is 0.729 bits per heavy atom. The Morgan fingerprint density at radius 3 is 0.958 bits per heavy atom. The number of aliphatic carboxylic acids is 3. The predicted molar refractivity (Wildman–Crippen MR) is 211 cm³/mol. The van der Waals surface area contributed by atoms with Crippen molar-refractivity contribution in [2.45, 2.75) is 168 Å². The van der Waals surface area contributed by atoms with E-state index < -0.39 is 17.9 Å². The normalized spacial score (nSPS) is 12.3. The van der Waals surface area contributed by atoms with E-state index in [-0.39, 0.29) is 17.3 Å². The second-order valence-electron chi connectivity index (χ2n) is 12.4. The van der Waals surface area contributed by atoms with E-state index in [4.69, 9.17) is 0 Å².